The first-order valence-electron chi connectivity index (χ1n) is 7.16. The van der Waals surface area contributed by atoms with E-state index in [0.29, 0.717) is 12.2 Å². The van der Waals surface area contributed by atoms with Gasteiger partial charge in [-0.1, -0.05) is 0 Å². The lowest BCUT2D eigenvalue weighted by Crippen LogP contribution is -2.19. The topological polar surface area (TPSA) is 50.7 Å². The summed E-state index contributed by atoms with van der Waals surface area (Å²) in [6.07, 6.45) is 0. The van der Waals surface area contributed by atoms with Gasteiger partial charge in [-0.3, -0.25) is 4.79 Å². The second-order valence-electron chi connectivity index (χ2n) is 4.92. The Labute approximate surface area is 134 Å². The van der Waals surface area contributed by atoms with Crippen LogP contribution in [0.25, 0.3) is 0 Å². The molecule has 0 saturated heterocycles. The molecule has 5 heteroatoms. The number of hydrogen-bond donors (Lipinski definition) is 1. The molecule has 1 amide bonds. The molecule has 0 bridgehead atoms. The third kappa shape index (κ3) is 3.95. The first kappa shape index (κ1) is 16.2. The highest BCUT2D eigenvalue weighted by Gasteiger charge is 2.08. The van der Waals surface area contributed by atoms with Gasteiger partial charge in [0.1, 0.15) is 5.75 Å². The van der Waals surface area contributed by atoms with Gasteiger partial charge in [-0.05, 0) is 58.0 Å². The Morgan fingerprint density at radius 1 is 1.27 bits per heavy atom. The Bertz CT molecular complexity index is 687. The fourth-order valence-corrected chi connectivity index (χ4v) is 3.09. The molecule has 116 valence electrons. The van der Waals surface area contributed by atoms with Crippen molar-refractivity contribution in [3.05, 3.63) is 51.2 Å². The van der Waals surface area contributed by atoms with Gasteiger partial charge in [0.25, 0.3) is 5.91 Å². The van der Waals surface area contributed by atoms with Crippen LogP contribution in [0, 0.1) is 13.8 Å². The number of thiophene rings is 1. The Hall–Kier alpha value is -2.14. The molecule has 2 aromatic rings. The van der Waals surface area contributed by atoms with E-state index in [4.69, 9.17) is 4.74 Å². The van der Waals surface area contributed by atoms with Gasteiger partial charge in [-0.15, -0.1) is 11.3 Å². The van der Waals surface area contributed by atoms with E-state index in [-0.39, 0.29) is 5.91 Å². The summed E-state index contributed by atoms with van der Waals surface area (Å²) < 4.78 is 5.35. The van der Waals surface area contributed by atoms with Gasteiger partial charge in [-0.25, -0.2) is 5.43 Å². The molecule has 0 aliphatic rings. The number of ether oxygens (including phenoxy) is 1. The summed E-state index contributed by atoms with van der Waals surface area (Å²) in [5.74, 6) is 0.523. The maximum Gasteiger partial charge on any atom is 0.271 e. The lowest BCUT2D eigenvalue weighted by atomic mass is 10.2. The summed E-state index contributed by atoms with van der Waals surface area (Å²) in [6.45, 7) is 8.54. The summed E-state index contributed by atoms with van der Waals surface area (Å²) in [7, 11) is 0. The second-order valence-corrected chi connectivity index (χ2v) is 6.38. The average molecular weight is 316 g/mol. The Morgan fingerprint density at radius 2 is 1.95 bits per heavy atom. The van der Waals surface area contributed by atoms with Crippen molar-refractivity contribution in [3.63, 3.8) is 0 Å². The van der Waals surface area contributed by atoms with Gasteiger partial charge < -0.3 is 4.74 Å². The van der Waals surface area contributed by atoms with Crippen molar-refractivity contribution in [3.8, 4) is 5.75 Å². The molecule has 4 nitrogen and oxygen atoms in total. The number of nitrogens with zero attached hydrogens (tertiary/aromatic N) is 1. The lowest BCUT2D eigenvalue weighted by molar-refractivity contribution is 0.0955. The molecule has 0 aliphatic heterocycles. The minimum absolute atomic E-state index is 0.230. The molecular weight excluding hydrogens is 296 g/mol. The predicted octanol–water partition coefficient (Wildman–Crippen LogP) is 3.92. The van der Waals surface area contributed by atoms with E-state index in [1.807, 2.05) is 13.8 Å². The predicted molar refractivity (Wildman–Crippen MR) is 91.1 cm³/mol. The van der Waals surface area contributed by atoms with E-state index in [1.165, 1.54) is 9.75 Å². The fourth-order valence-electron chi connectivity index (χ4n) is 2.12. The number of carbonyl (C=O) groups is 1. The highest BCUT2D eigenvalue weighted by Crippen LogP contribution is 2.21. The standard InChI is InChI=1S/C17H20N2O2S/c1-5-21-15-8-6-14(7-9-15)17(20)19-18-12(3)16-10-11(2)22-13(16)4/h6-10H,5H2,1-4H3,(H,19,20)/b18-12-. The van der Waals surface area contributed by atoms with Crippen molar-refractivity contribution < 1.29 is 9.53 Å². The summed E-state index contributed by atoms with van der Waals surface area (Å²) in [4.78, 5) is 14.5. The largest absolute Gasteiger partial charge is 0.494 e. The third-order valence-electron chi connectivity index (χ3n) is 3.18. The SMILES string of the molecule is CCOc1ccc(C(=O)N/N=C(/C)c2cc(C)sc2C)cc1. The van der Waals surface area contributed by atoms with Gasteiger partial charge in [0.2, 0.25) is 0 Å². The van der Waals surface area contributed by atoms with Gasteiger partial charge in [0.05, 0.1) is 12.3 Å². The summed E-state index contributed by atoms with van der Waals surface area (Å²) in [5, 5.41) is 4.20. The Balaban J connectivity index is 2.05. The van der Waals surface area contributed by atoms with Crippen molar-refractivity contribution in [2.75, 3.05) is 6.61 Å². The molecule has 0 fully saturated rings. The number of benzene rings is 1. The van der Waals surface area contributed by atoms with E-state index in [9.17, 15) is 4.79 Å². The van der Waals surface area contributed by atoms with E-state index in [0.717, 1.165) is 17.0 Å². The molecule has 0 unspecified atom stereocenters. The number of aryl methyl sites for hydroxylation is 2. The van der Waals surface area contributed by atoms with Crippen molar-refractivity contribution in [2.24, 2.45) is 5.10 Å². The molecule has 1 aromatic carbocycles. The highest BCUT2D eigenvalue weighted by molar-refractivity contribution is 7.12. The number of carbonyl (C=O) groups excluding carboxylic acids is 1. The number of amides is 1. The van der Waals surface area contributed by atoms with Crippen LogP contribution in [-0.4, -0.2) is 18.2 Å². The van der Waals surface area contributed by atoms with Gasteiger partial charge >= 0.3 is 0 Å². The molecule has 0 radical (unpaired) electrons. The first-order valence-corrected chi connectivity index (χ1v) is 7.97. The second kappa shape index (κ2) is 7.22. The molecule has 22 heavy (non-hydrogen) atoms. The monoisotopic (exact) mass is 316 g/mol. The molecule has 1 aromatic heterocycles. The molecule has 0 saturated carbocycles. The molecule has 0 atom stereocenters. The van der Waals surface area contributed by atoms with E-state index >= 15 is 0 Å². The number of hydrazone groups is 1. The van der Waals surface area contributed by atoms with Crippen LogP contribution >= 0.6 is 11.3 Å². The van der Waals surface area contributed by atoms with Crippen LogP contribution in [0.5, 0.6) is 5.75 Å². The first-order chi connectivity index (χ1) is 10.5. The lowest BCUT2D eigenvalue weighted by Gasteiger charge is -2.05. The highest BCUT2D eigenvalue weighted by atomic mass is 32.1. The zero-order valence-electron chi connectivity index (χ0n) is 13.3. The van der Waals surface area contributed by atoms with Crippen LogP contribution in [0.2, 0.25) is 0 Å². The summed E-state index contributed by atoms with van der Waals surface area (Å²) >= 11 is 1.73. The molecular formula is C17H20N2O2S. The number of nitrogens with one attached hydrogen (secondary N) is 1. The average Bonchev–Trinajstić information content (AvgIpc) is 2.84. The fraction of sp³-hybridized carbons (Fsp3) is 0.294. The summed E-state index contributed by atoms with van der Waals surface area (Å²) in [6, 6.07) is 9.10. The van der Waals surface area contributed by atoms with Gasteiger partial charge in [-0.2, -0.15) is 5.10 Å². The van der Waals surface area contributed by atoms with Crippen molar-refractivity contribution in [1.82, 2.24) is 5.43 Å². The van der Waals surface area contributed by atoms with E-state index < -0.39 is 0 Å². The molecule has 1 N–H and O–H groups in total. The maximum atomic E-state index is 12.1. The van der Waals surface area contributed by atoms with E-state index in [2.05, 4.69) is 30.4 Å². The van der Waals surface area contributed by atoms with Gasteiger partial charge in [0, 0.05) is 20.9 Å². The Kier molecular flexibility index (Phi) is 5.33. The quantitative estimate of drug-likeness (QED) is 0.671. The van der Waals surface area contributed by atoms with Crippen LogP contribution in [0.15, 0.2) is 35.4 Å². The van der Waals surface area contributed by atoms with Gasteiger partial charge in [0.15, 0.2) is 0 Å². The number of rotatable bonds is 5. The molecule has 2 rings (SSSR count). The third-order valence-corrected chi connectivity index (χ3v) is 4.15. The van der Waals surface area contributed by atoms with Crippen LogP contribution in [0.1, 0.15) is 39.5 Å². The van der Waals surface area contributed by atoms with Crippen molar-refractivity contribution in [2.45, 2.75) is 27.7 Å². The molecule has 1 heterocycles. The van der Waals surface area contributed by atoms with E-state index in [1.54, 1.807) is 35.6 Å². The van der Waals surface area contributed by atoms with Crippen LogP contribution in [-0.2, 0) is 0 Å². The van der Waals surface area contributed by atoms with Crippen LogP contribution in [0.4, 0.5) is 0 Å². The normalized spacial score (nSPS) is 11.4. The zero-order chi connectivity index (χ0) is 16.1. The zero-order valence-corrected chi connectivity index (χ0v) is 14.1. The van der Waals surface area contributed by atoms with Crippen molar-refractivity contribution >= 4 is 23.0 Å². The molecule has 0 aliphatic carbocycles. The van der Waals surface area contributed by atoms with Crippen molar-refractivity contribution in [1.29, 1.82) is 0 Å². The maximum absolute atomic E-state index is 12.1. The minimum atomic E-state index is -0.230. The molecule has 0 spiro atoms. The van der Waals surface area contributed by atoms with Crippen LogP contribution in [0.3, 0.4) is 0 Å². The summed E-state index contributed by atoms with van der Waals surface area (Å²) in [5.41, 5.74) is 5.04. The smallest absolute Gasteiger partial charge is 0.271 e. The Morgan fingerprint density at radius 3 is 2.50 bits per heavy atom. The minimum Gasteiger partial charge on any atom is -0.494 e. The van der Waals surface area contributed by atoms with Crippen LogP contribution < -0.4 is 10.2 Å². The number of hydrogen-bond acceptors (Lipinski definition) is 4.